The van der Waals surface area contributed by atoms with E-state index in [9.17, 15) is 4.79 Å². The van der Waals surface area contributed by atoms with Crippen LogP contribution in [0.25, 0.3) is 0 Å². The van der Waals surface area contributed by atoms with Crippen LogP contribution in [0.2, 0.25) is 0 Å². The van der Waals surface area contributed by atoms with Crippen molar-refractivity contribution in [2.45, 2.75) is 45.6 Å². The number of nitrogens with one attached hydrogen (secondary N) is 1. The van der Waals surface area contributed by atoms with Crippen molar-refractivity contribution >= 4 is 34.8 Å². The number of aromatic nitrogens is 2. The molecule has 0 saturated heterocycles. The van der Waals surface area contributed by atoms with Crippen LogP contribution in [-0.2, 0) is 11.2 Å². The smallest absolute Gasteiger partial charge is 0.230 e. The van der Waals surface area contributed by atoms with Crippen LogP contribution in [0.1, 0.15) is 49.7 Å². The van der Waals surface area contributed by atoms with Crippen molar-refractivity contribution in [2.24, 2.45) is 11.7 Å². The number of halogens is 1. The third-order valence-electron chi connectivity index (χ3n) is 3.83. The fourth-order valence-electron chi connectivity index (χ4n) is 2.28. The minimum Gasteiger partial charge on any atom is -0.323 e. The number of nitrogens with zero attached hydrogens (tertiary/aromatic N) is 2. The van der Waals surface area contributed by atoms with Crippen molar-refractivity contribution in [1.29, 1.82) is 0 Å². The maximum absolute atomic E-state index is 12.3. The van der Waals surface area contributed by atoms with E-state index >= 15 is 0 Å². The second kappa shape index (κ2) is 10.4. The lowest BCUT2D eigenvalue weighted by Crippen LogP contribution is -2.30. The van der Waals surface area contributed by atoms with E-state index in [0.29, 0.717) is 5.13 Å². The predicted octanol–water partition coefficient (Wildman–Crippen LogP) is 3.97. The summed E-state index contributed by atoms with van der Waals surface area (Å²) in [7, 11) is 0. The van der Waals surface area contributed by atoms with Crippen molar-refractivity contribution < 1.29 is 4.79 Å². The Morgan fingerprint density at radius 3 is 2.62 bits per heavy atom. The molecular formula is C17H25ClN4OS. The molecule has 0 bridgehead atoms. The highest BCUT2D eigenvalue weighted by Crippen LogP contribution is 2.22. The maximum Gasteiger partial charge on any atom is 0.230 e. The molecule has 0 spiro atoms. The van der Waals surface area contributed by atoms with E-state index in [1.165, 1.54) is 24.2 Å². The van der Waals surface area contributed by atoms with Gasteiger partial charge in [-0.2, -0.15) is 0 Å². The van der Waals surface area contributed by atoms with E-state index in [-0.39, 0.29) is 30.3 Å². The summed E-state index contributed by atoms with van der Waals surface area (Å²) < 4.78 is 0. The number of nitrogens with two attached hydrogens (primary N) is 1. The summed E-state index contributed by atoms with van der Waals surface area (Å²) in [4.78, 5) is 12.3. The lowest BCUT2D eigenvalue weighted by molar-refractivity contribution is -0.120. The Balaban J connectivity index is 0.00000288. The van der Waals surface area contributed by atoms with Crippen molar-refractivity contribution in [3.8, 4) is 0 Å². The summed E-state index contributed by atoms with van der Waals surface area (Å²) in [5, 5.41) is 12.5. The minimum absolute atomic E-state index is 0. The zero-order chi connectivity index (χ0) is 16.7. The summed E-state index contributed by atoms with van der Waals surface area (Å²) in [5.74, 6) is -0.470. The van der Waals surface area contributed by atoms with Crippen LogP contribution >= 0.6 is 23.7 Å². The number of carbonyl (C=O) groups is 1. The first-order chi connectivity index (χ1) is 11.1. The third kappa shape index (κ3) is 5.85. The summed E-state index contributed by atoms with van der Waals surface area (Å²) in [6, 6.07) is 9.31. The van der Waals surface area contributed by atoms with Crippen LogP contribution in [0, 0.1) is 5.92 Å². The summed E-state index contributed by atoms with van der Waals surface area (Å²) in [5.41, 5.74) is 7.14. The maximum atomic E-state index is 12.3. The first-order valence-corrected chi connectivity index (χ1v) is 8.87. The highest BCUT2D eigenvalue weighted by Gasteiger charge is 2.23. The number of anilines is 1. The highest BCUT2D eigenvalue weighted by molar-refractivity contribution is 7.15. The van der Waals surface area contributed by atoms with Gasteiger partial charge in [-0.25, -0.2) is 0 Å². The largest absolute Gasteiger partial charge is 0.323 e. The molecule has 3 N–H and O–H groups in total. The zero-order valence-corrected chi connectivity index (χ0v) is 15.7. The second-order valence-electron chi connectivity index (χ2n) is 5.67. The fourth-order valence-corrected chi connectivity index (χ4v) is 3.06. The van der Waals surface area contributed by atoms with Crippen LogP contribution in [0.4, 0.5) is 5.13 Å². The molecule has 0 aliphatic carbocycles. The van der Waals surface area contributed by atoms with Gasteiger partial charge < -0.3 is 11.1 Å². The lowest BCUT2D eigenvalue weighted by atomic mass is 9.95. The molecule has 0 fully saturated rings. The Bertz CT molecular complexity index is 620. The Morgan fingerprint density at radius 2 is 1.96 bits per heavy atom. The molecule has 132 valence electrons. The van der Waals surface area contributed by atoms with Gasteiger partial charge in [-0.1, -0.05) is 68.4 Å². The minimum atomic E-state index is -0.343. The topological polar surface area (TPSA) is 80.9 Å². The number of amides is 1. The normalized spacial score (nSPS) is 13.0. The van der Waals surface area contributed by atoms with Crippen LogP contribution in [-0.4, -0.2) is 16.1 Å². The van der Waals surface area contributed by atoms with Gasteiger partial charge in [-0.3, -0.25) is 4.79 Å². The molecular weight excluding hydrogens is 344 g/mol. The zero-order valence-electron chi connectivity index (χ0n) is 14.1. The van der Waals surface area contributed by atoms with Crippen molar-refractivity contribution in [1.82, 2.24) is 10.2 Å². The average molecular weight is 369 g/mol. The quantitative estimate of drug-likeness (QED) is 0.691. The van der Waals surface area contributed by atoms with E-state index in [1.807, 2.05) is 37.3 Å². The molecule has 7 heteroatoms. The molecule has 0 radical (unpaired) electrons. The number of unbranched alkanes of at least 4 members (excludes halogenated alkanes) is 2. The molecule has 0 saturated carbocycles. The summed E-state index contributed by atoms with van der Waals surface area (Å²) >= 11 is 1.44. The molecule has 1 aromatic carbocycles. The van der Waals surface area contributed by atoms with Gasteiger partial charge in [0.25, 0.3) is 0 Å². The van der Waals surface area contributed by atoms with E-state index in [1.54, 1.807) is 0 Å². The van der Waals surface area contributed by atoms with Crippen molar-refractivity contribution in [2.75, 3.05) is 5.32 Å². The van der Waals surface area contributed by atoms with Gasteiger partial charge in [0.05, 0.1) is 5.92 Å². The molecule has 2 rings (SSSR count). The molecule has 1 amide bonds. The number of rotatable bonds is 8. The van der Waals surface area contributed by atoms with Gasteiger partial charge in [-0.05, 0) is 12.0 Å². The van der Waals surface area contributed by atoms with Gasteiger partial charge >= 0.3 is 0 Å². The van der Waals surface area contributed by atoms with E-state index in [0.717, 1.165) is 23.4 Å². The molecule has 2 unspecified atom stereocenters. The van der Waals surface area contributed by atoms with E-state index in [4.69, 9.17) is 5.73 Å². The predicted molar refractivity (Wildman–Crippen MR) is 102 cm³/mol. The van der Waals surface area contributed by atoms with Crippen LogP contribution in [0.15, 0.2) is 30.3 Å². The number of hydrogen-bond donors (Lipinski definition) is 2. The Morgan fingerprint density at radius 1 is 1.25 bits per heavy atom. The van der Waals surface area contributed by atoms with E-state index in [2.05, 4.69) is 22.4 Å². The molecule has 1 heterocycles. The molecule has 0 aliphatic heterocycles. The Labute approximate surface area is 153 Å². The summed E-state index contributed by atoms with van der Waals surface area (Å²) in [6.45, 7) is 4.00. The number of carbonyl (C=O) groups excluding carboxylic acids is 1. The molecule has 2 atom stereocenters. The van der Waals surface area contributed by atoms with Gasteiger partial charge in [0.1, 0.15) is 5.01 Å². The van der Waals surface area contributed by atoms with Gasteiger partial charge in [0, 0.05) is 12.5 Å². The molecule has 24 heavy (non-hydrogen) atoms. The number of hydrogen-bond acceptors (Lipinski definition) is 5. The highest BCUT2D eigenvalue weighted by atomic mass is 35.5. The average Bonchev–Trinajstić information content (AvgIpc) is 3.02. The van der Waals surface area contributed by atoms with Crippen LogP contribution in [0.5, 0.6) is 0 Å². The summed E-state index contributed by atoms with van der Waals surface area (Å²) in [6.07, 6.45) is 4.39. The molecule has 5 nitrogen and oxygen atoms in total. The van der Waals surface area contributed by atoms with Gasteiger partial charge in [-0.15, -0.1) is 22.6 Å². The SMILES string of the molecule is CCCCCc1nnc(NC(=O)C(C)C(N)c2ccccc2)s1.Cl. The number of benzene rings is 1. The molecule has 1 aromatic heterocycles. The van der Waals surface area contributed by atoms with E-state index < -0.39 is 0 Å². The van der Waals surface area contributed by atoms with Crippen molar-refractivity contribution in [3.63, 3.8) is 0 Å². The second-order valence-corrected chi connectivity index (χ2v) is 6.73. The van der Waals surface area contributed by atoms with Crippen LogP contribution < -0.4 is 11.1 Å². The Kier molecular flexibility index (Phi) is 8.89. The fraction of sp³-hybridized carbons (Fsp3) is 0.471. The van der Waals surface area contributed by atoms with Crippen molar-refractivity contribution in [3.05, 3.63) is 40.9 Å². The first-order valence-electron chi connectivity index (χ1n) is 8.05. The molecule has 2 aromatic rings. The third-order valence-corrected chi connectivity index (χ3v) is 4.73. The lowest BCUT2D eigenvalue weighted by Gasteiger charge is -2.18. The van der Waals surface area contributed by atoms with Crippen LogP contribution in [0.3, 0.4) is 0 Å². The van der Waals surface area contributed by atoms with Gasteiger partial charge in [0.2, 0.25) is 11.0 Å². The Hall–Kier alpha value is -1.50. The standard InChI is InChI=1S/C17H24N4OS.ClH/c1-3-4-6-11-14-20-21-17(23-14)19-16(22)12(2)15(18)13-9-7-5-8-10-13;/h5,7-10,12,15H,3-4,6,11,18H2,1-2H3,(H,19,21,22);1H. The monoisotopic (exact) mass is 368 g/mol. The number of aryl methyl sites for hydroxylation is 1. The first kappa shape index (κ1) is 20.5. The molecule has 0 aliphatic rings. The van der Waals surface area contributed by atoms with Gasteiger partial charge in [0.15, 0.2) is 0 Å².